The molecule has 1 amide bonds. The summed E-state index contributed by atoms with van der Waals surface area (Å²) in [7, 11) is 0. The molecule has 0 aromatic rings. The van der Waals surface area contributed by atoms with Gasteiger partial charge in [-0.2, -0.15) is 0 Å². The van der Waals surface area contributed by atoms with Gasteiger partial charge in [-0.05, 0) is 40.0 Å². The summed E-state index contributed by atoms with van der Waals surface area (Å²) < 4.78 is 16.8. The molecule has 6 heteroatoms. The first-order chi connectivity index (χ1) is 9.78. The second-order valence-electron chi connectivity index (χ2n) is 6.99. The zero-order valence-electron chi connectivity index (χ0n) is 13.2. The van der Waals surface area contributed by atoms with Crippen molar-refractivity contribution in [2.24, 2.45) is 0 Å². The summed E-state index contributed by atoms with van der Waals surface area (Å²) in [4.78, 5) is 12.0. The van der Waals surface area contributed by atoms with E-state index in [9.17, 15) is 9.90 Å². The second-order valence-corrected chi connectivity index (χ2v) is 6.99. The van der Waals surface area contributed by atoms with Crippen molar-refractivity contribution in [3.05, 3.63) is 0 Å². The van der Waals surface area contributed by atoms with E-state index in [0.717, 1.165) is 12.8 Å². The van der Waals surface area contributed by atoms with Gasteiger partial charge in [0.2, 0.25) is 0 Å². The minimum absolute atomic E-state index is 0.0323. The van der Waals surface area contributed by atoms with Crippen LogP contribution in [0.25, 0.3) is 0 Å². The Bertz CT molecular complexity index is 361. The summed E-state index contributed by atoms with van der Waals surface area (Å²) in [5, 5.41) is 12.3. The number of nitrogens with one attached hydrogen (secondary N) is 1. The van der Waals surface area contributed by atoms with Crippen LogP contribution in [0.15, 0.2) is 0 Å². The van der Waals surface area contributed by atoms with Crippen molar-refractivity contribution in [1.82, 2.24) is 5.32 Å². The Morgan fingerprint density at radius 2 is 1.76 bits per heavy atom. The van der Waals surface area contributed by atoms with Gasteiger partial charge in [-0.1, -0.05) is 0 Å². The zero-order valence-corrected chi connectivity index (χ0v) is 13.2. The molecular formula is C15H27NO5. The summed E-state index contributed by atoms with van der Waals surface area (Å²) in [6.07, 6.45) is 2.97. The van der Waals surface area contributed by atoms with E-state index in [1.54, 1.807) is 0 Å². The third kappa shape index (κ3) is 4.31. The van der Waals surface area contributed by atoms with Crippen molar-refractivity contribution >= 4 is 6.09 Å². The predicted molar refractivity (Wildman–Crippen MR) is 76.9 cm³/mol. The van der Waals surface area contributed by atoms with Crippen LogP contribution >= 0.6 is 0 Å². The van der Waals surface area contributed by atoms with E-state index in [1.165, 1.54) is 0 Å². The molecule has 1 heterocycles. The van der Waals surface area contributed by atoms with E-state index in [1.807, 2.05) is 20.8 Å². The smallest absolute Gasteiger partial charge is 0.408 e. The first-order valence-corrected chi connectivity index (χ1v) is 7.68. The highest BCUT2D eigenvalue weighted by molar-refractivity contribution is 5.68. The molecule has 0 unspecified atom stereocenters. The SMILES string of the molecule is CC(C)(C)OC(=O)NC1(CCO)CCC2(CC1)OCCO2. The molecule has 21 heavy (non-hydrogen) atoms. The Morgan fingerprint density at radius 1 is 1.19 bits per heavy atom. The van der Waals surface area contributed by atoms with Crippen LogP contribution in [0.3, 0.4) is 0 Å². The zero-order chi connectivity index (χ0) is 15.6. The molecule has 2 aliphatic rings. The van der Waals surface area contributed by atoms with Gasteiger partial charge in [-0.15, -0.1) is 0 Å². The Kier molecular flexibility index (Phi) is 4.80. The number of ether oxygens (including phenoxy) is 3. The molecule has 6 nitrogen and oxygen atoms in total. The molecule has 1 saturated carbocycles. The standard InChI is InChI=1S/C15H27NO5/c1-13(2,3)21-12(18)16-14(8-9-17)4-6-15(7-5-14)19-10-11-20-15/h17H,4-11H2,1-3H3,(H,16,18). The van der Waals surface area contributed by atoms with Crippen molar-refractivity contribution < 1.29 is 24.1 Å². The number of alkyl carbamates (subject to hydrolysis) is 1. The van der Waals surface area contributed by atoms with Gasteiger partial charge >= 0.3 is 6.09 Å². The van der Waals surface area contributed by atoms with Gasteiger partial charge in [0.1, 0.15) is 5.60 Å². The van der Waals surface area contributed by atoms with Crippen molar-refractivity contribution in [2.45, 2.75) is 69.8 Å². The first kappa shape index (κ1) is 16.5. The van der Waals surface area contributed by atoms with Crippen LogP contribution in [0, 0.1) is 0 Å². The molecule has 1 aliphatic heterocycles. The minimum atomic E-state index is -0.530. The highest BCUT2D eigenvalue weighted by Gasteiger charge is 2.47. The summed E-state index contributed by atoms with van der Waals surface area (Å²) in [6.45, 7) is 6.80. The molecular weight excluding hydrogens is 274 g/mol. The number of amides is 1. The Hall–Kier alpha value is -0.850. The molecule has 1 aliphatic carbocycles. The number of hydrogen-bond acceptors (Lipinski definition) is 5. The van der Waals surface area contributed by atoms with Crippen LogP contribution in [-0.2, 0) is 14.2 Å². The molecule has 0 radical (unpaired) electrons. The number of aliphatic hydroxyl groups is 1. The lowest BCUT2D eigenvalue weighted by Crippen LogP contribution is -2.55. The fourth-order valence-electron chi connectivity index (χ4n) is 3.07. The number of rotatable bonds is 3. The minimum Gasteiger partial charge on any atom is -0.444 e. The second kappa shape index (κ2) is 6.10. The quantitative estimate of drug-likeness (QED) is 0.833. The maximum absolute atomic E-state index is 12.0. The molecule has 0 aromatic heterocycles. The maximum Gasteiger partial charge on any atom is 0.408 e. The number of aliphatic hydroxyl groups excluding tert-OH is 1. The molecule has 122 valence electrons. The summed E-state index contributed by atoms with van der Waals surface area (Å²) >= 11 is 0. The maximum atomic E-state index is 12.0. The Morgan fingerprint density at radius 3 is 2.24 bits per heavy atom. The number of carbonyl (C=O) groups excluding carboxylic acids is 1. The van der Waals surface area contributed by atoms with Crippen LogP contribution in [0.2, 0.25) is 0 Å². The van der Waals surface area contributed by atoms with Gasteiger partial charge in [0.05, 0.1) is 13.2 Å². The van der Waals surface area contributed by atoms with Crippen molar-refractivity contribution in [3.63, 3.8) is 0 Å². The summed E-state index contributed by atoms with van der Waals surface area (Å²) in [5.41, 5.74) is -0.963. The van der Waals surface area contributed by atoms with Crippen LogP contribution in [0.1, 0.15) is 52.9 Å². The van der Waals surface area contributed by atoms with Crippen LogP contribution in [0.4, 0.5) is 4.79 Å². The van der Waals surface area contributed by atoms with E-state index in [2.05, 4.69) is 5.32 Å². The van der Waals surface area contributed by atoms with E-state index < -0.39 is 23.0 Å². The lowest BCUT2D eigenvalue weighted by Gasteiger charge is -2.44. The summed E-state index contributed by atoms with van der Waals surface area (Å²) in [5.74, 6) is -0.478. The lowest BCUT2D eigenvalue weighted by molar-refractivity contribution is -0.186. The average Bonchev–Trinajstić information content (AvgIpc) is 2.80. The fraction of sp³-hybridized carbons (Fsp3) is 0.933. The number of hydrogen-bond donors (Lipinski definition) is 2. The van der Waals surface area contributed by atoms with Crippen molar-refractivity contribution in [3.8, 4) is 0 Å². The largest absolute Gasteiger partial charge is 0.444 e. The topological polar surface area (TPSA) is 77.0 Å². The fourth-order valence-corrected chi connectivity index (χ4v) is 3.07. The molecule has 1 spiro atoms. The van der Waals surface area contributed by atoms with E-state index in [-0.39, 0.29) is 6.61 Å². The molecule has 0 atom stereocenters. The number of carbonyl (C=O) groups is 1. The third-order valence-corrected chi connectivity index (χ3v) is 4.14. The predicted octanol–water partition coefficient (Wildman–Crippen LogP) is 1.95. The molecule has 2 fully saturated rings. The van der Waals surface area contributed by atoms with Crippen LogP contribution in [-0.4, -0.2) is 47.9 Å². The Labute approximate surface area is 126 Å². The molecule has 0 aromatic carbocycles. The average molecular weight is 301 g/mol. The van der Waals surface area contributed by atoms with E-state index >= 15 is 0 Å². The van der Waals surface area contributed by atoms with Crippen LogP contribution in [0.5, 0.6) is 0 Å². The van der Waals surface area contributed by atoms with Gasteiger partial charge < -0.3 is 24.6 Å². The summed E-state index contributed by atoms with van der Waals surface area (Å²) in [6, 6.07) is 0. The molecule has 1 saturated heterocycles. The van der Waals surface area contributed by atoms with E-state index in [4.69, 9.17) is 14.2 Å². The highest BCUT2D eigenvalue weighted by Crippen LogP contribution is 2.41. The first-order valence-electron chi connectivity index (χ1n) is 7.68. The Balaban J connectivity index is 1.96. The van der Waals surface area contributed by atoms with Gasteiger partial charge in [-0.25, -0.2) is 4.79 Å². The lowest BCUT2D eigenvalue weighted by atomic mass is 9.76. The van der Waals surface area contributed by atoms with Crippen LogP contribution < -0.4 is 5.32 Å². The third-order valence-electron chi connectivity index (χ3n) is 4.14. The molecule has 2 rings (SSSR count). The normalized spacial score (nSPS) is 24.0. The van der Waals surface area contributed by atoms with Gasteiger partial charge in [0.15, 0.2) is 5.79 Å². The van der Waals surface area contributed by atoms with Crippen molar-refractivity contribution in [2.75, 3.05) is 19.8 Å². The van der Waals surface area contributed by atoms with Gasteiger partial charge in [0, 0.05) is 25.0 Å². The van der Waals surface area contributed by atoms with Crippen molar-refractivity contribution in [1.29, 1.82) is 0 Å². The van der Waals surface area contributed by atoms with Gasteiger partial charge in [0.25, 0.3) is 0 Å². The van der Waals surface area contributed by atoms with E-state index in [0.29, 0.717) is 32.5 Å². The highest BCUT2D eigenvalue weighted by atomic mass is 16.7. The monoisotopic (exact) mass is 301 g/mol. The molecule has 2 N–H and O–H groups in total. The molecule has 0 bridgehead atoms. The van der Waals surface area contributed by atoms with Gasteiger partial charge in [-0.3, -0.25) is 0 Å².